The van der Waals surface area contributed by atoms with Crippen LogP contribution in [0.1, 0.15) is 44.2 Å². The van der Waals surface area contributed by atoms with Crippen molar-refractivity contribution in [3.8, 4) is 0 Å². The monoisotopic (exact) mass is 223 g/mol. The van der Waals surface area contributed by atoms with Gasteiger partial charge in [0.25, 0.3) is 0 Å². The van der Waals surface area contributed by atoms with E-state index >= 15 is 0 Å². The van der Waals surface area contributed by atoms with Gasteiger partial charge in [0, 0.05) is 10.9 Å². The van der Waals surface area contributed by atoms with E-state index in [9.17, 15) is 0 Å². The van der Waals surface area contributed by atoms with Crippen LogP contribution in [0.15, 0.2) is 29.2 Å². The van der Waals surface area contributed by atoms with Crippen molar-refractivity contribution in [3.05, 3.63) is 29.8 Å². The molecule has 0 fully saturated rings. The van der Waals surface area contributed by atoms with Crippen LogP contribution in [0.4, 0.5) is 0 Å². The predicted octanol–water partition coefficient (Wildman–Crippen LogP) is 3.99. The first-order valence-corrected chi connectivity index (χ1v) is 6.90. The maximum atomic E-state index is 6.12. The van der Waals surface area contributed by atoms with Crippen molar-refractivity contribution >= 4 is 11.8 Å². The predicted molar refractivity (Wildman–Crippen MR) is 69.3 cm³/mol. The van der Waals surface area contributed by atoms with Gasteiger partial charge in [0.15, 0.2) is 0 Å². The second kappa shape index (κ2) is 6.91. The average Bonchev–Trinajstić information content (AvgIpc) is 2.29. The molecule has 0 aromatic heterocycles. The van der Waals surface area contributed by atoms with E-state index in [-0.39, 0.29) is 6.04 Å². The molecule has 0 radical (unpaired) electrons. The number of benzene rings is 1. The Kier molecular flexibility index (Phi) is 5.81. The molecule has 0 heterocycles. The van der Waals surface area contributed by atoms with Gasteiger partial charge in [-0.15, -0.1) is 11.8 Å². The van der Waals surface area contributed by atoms with Crippen LogP contribution in [-0.4, -0.2) is 6.26 Å². The van der Waals surface area contributed by atoms with E-state index in [0.717, 1.165) is 6.42 Å². The third kappa shape index (κ3) is 4.27. The number of hydrogen-bond acceptors (Lipinski definition) is 2. The van der Waals surface area contributed by atoms with Gasteiger partial charge in [-0.3, -0.25) is 0 Å². The summed E-state index contributed by atoms with van der Waals surface area (Å²) < 4.78 is 0. The first-order chi connectivity index (χ1) is 7.27. The SMILES string of the molecule is CCCCCC(N)c1ccc(SC)cc1. The van der Waals surface area contributed by atoms with E-state index in [2.05, 4.69) is 37.4 Å². The Hall–Kier alpha value is -0.470. The molecule has 0 saturated carbocycles. The van der Waals surface area contributed by atoms with Crippen LogP contribution in [0.5, 0.6) is 0 Å². The summed E-state index contributed by atoms with van der Waals surface area (Å²) >= 11 is 1.77. The van der Waals surface area contributed by atoms with E-state index < -0.39 is 0 Å². The fraction of sp³-hybridized carbons (Fsp3) is 0.538. The minimum absolute atomic E-state index is 0.215. The van der Waals surface area contributed by atoms with Gasteiger partial charge < -0.3 is 5.73 Å². The lowest BCUT2D eigenvalue weighted by atomic mass is 10.0. The topological polar surface area (TPSA) is 26.0 Å². The molecule has 1 unspecified atom stereocenters. The molecule has 0 saturated heterocycles. The van der Waals surface area contributed by atoms with Crippen LogP contribution in [0.2, 0.25) is 0 Å². The molecule has 0 bridgehead atoms. The van der Waals surface area contributed by atoms with Crippen molar-refractivity contribution in [2.75, 3.05) is 6.26 Å². The van der Waals surface area contributed by atoms with E-state index in [1.165, 1.54) is 29.7 Å². The Morgan fingerprint density at radius 3 is 2.40 bits per heavy atom. The molecule has 84 valence electrons. The van der Waals surface area contributed by atoms with Gasteiger partial charge in [0.2, 0.25) is 0 Å². The highest BCUT2D eigenvalue weighted by atomic mass is 32.2. The molecule has 0 aliphatic carbocycles. The molecule has 1 aromatic rings. The highest BCUT2D eigenvalue weighted by Gasteiger charge is 2.04. The maximum absolute atomic E-state index is 6.12. The largest absolute Gasteiger partial charge is 0.324 e. The van der Waals surface area contributed by atoms with Crippen molar-refractivity contribution in [1.29, 1.82) is 0 Å². The Morgan fingerprint density at radius 1 is 1.20 bits per heavy atom. The van der Waals surface area contributed by atoms with E-state index in [1.807, 2.05) is 0 Å². The lowest BCUT2D eigenvalue weighted by Gasteiger charge is -2.11. The van der Waals surface area contributed by atoms with Gasteiger partial charge in [-0.25, -0.2) is 0 Å². The molecule has 0 amide bonds. The number of nitrogens with two attached hydrogens (primary N) is 1. The number of thioether (sulfide) groups is 1. The molecule has 0 aliphatic rings. The van der Waals surface area contributed by atoms with Gasteiger partial charge in [0.1, 0.15) is 0 Å². The average molecular weight is 223 g/mol. The third-order valence-electron chi connectivity index (χ3n) is 2.66. The number of hydrogen-bond donors (Lipinski definition) is 1. The first kappa shape index (κ1) is 12.6. The van der Waals surface area contributed by atoms with Gasteiger partial charge in [-0.2, -0.15) is 0 Å². The van der Waals surface area contributed by atoms with Gasteiger partial charge >= 0.3 is 0 Å². The van der Waals surface area contributed by atoms with Crippen molar-refractivity contribution in [1.82, 2.24) is 0 Å². The van der Waals surface area contributed by atoms with E-state index in [1.54, 1.807) is 11.8 Å². The highest BCUT2D eigenvalue weighted by molar-refractivity contribution is 7.98. The zero-order chi connectivity index (χ0) is 11.1. The summed E-state index contributed by atoms with van der Waals surface area (Å²) in [5.74, 6) is 0. The molecule has 2 heteroatoms. The summed E-state index contributed by atoms with van der Waals surface area (Å²) in [4.78, 5) is 1.31. The summed E-state index contributed by atoms with van der Waals surface area (Å²) in [6, 6.07) is 8.83. The lowest BCUT2D eigenvalue weighted by molar-refractivity contribution is 0.581. The second-order valence-corrected chi connectivity index (χ2v) is 4.76. The van der Waals surface area contributed by atoms with Crippen LogP contribution in [-0.2, 0) is 0 Å². The van der Waals surface area contributed by atoms with Crippen molar-refractivity contribution in [2.24, 2.45) is 5.73 Å². The first-order valence-electron chi connectivity index (χ1n) is 5.67. The molecule has 0 spiro atoms. The van der Waals surface area contributed by atoms with Crippen LogP contribution in [0.25, 0.3) is 0 Å². The molecule has 1 aromatic carbocycles. The zero-order valence-electron chi connectivity index (χ0n) is 9.70. The molecule has 0 aliphatic heterocycles. The van der Waals surface area contributed by atoms with Crippen LogP contribution >= 0.6 is 11.8 Å². The molecule has 1 atom stereocenters. The van der Waals surface area contributed by atoms with Crippen molar-refractivity contribution < 1.29 is 0 Å². The van der Waals surface area contributed by atoms with Crippen LogP contribution in [0, 0.1) is 0 Å². The summed E-state index contributed by atoms with van der Waals surface area (Å²) in [6.07, 6.45) is 6.99. The summed E-state index contributed by atoms with van der Waals surface area (Å²) in [7, 11) is 0. The van der Waals surface area contributed by atoms with E-state index in [4.69, 9.17) is 5.73 Å². The molecule has 1 rings (SSSR count). The summed E-state index contributed by atoms with van der Waals surface area (Å²) in [5.41, 5.74) is 7.39. The van der Waals surface area contributed by atoms with Crippen LogP contribution < -0.4 is 5.73 Å². The Morgan fingerprint density at radius 2 is 1.87 bits per heavy atom. The van der Waals surface area contributed by atoms with Crippen molar-refractivity contribution in [3.63, 3.8) is 0 Å². The lowest BCUT2D eigenvalue weighted by Crippen LogP contribution is -2.09. The normalized spacial score (nSPS) is 12.7. The molecule has 1 nitrogen and oxygen atoms in total. The van der Waals surface area contributed by atoms with Crippen molar-refractivity contribution in [2.45, 2.75) is 43.5 Å². The second-order valence-electron chi connectivity index (χ2n) is 3.88. The molecular formula is C13H21NS. The third-order valence-corrected chi connectivity index (χ3v) is 3.41. The molecule has 15 heavy (non-hydrogen) atoms. The fourth-order valence-electron chi connectivity index (χ4n) is 1.63. The quantitative estimate of drug-likeness (QED) is 0.583. The minimum Gasteiger partial charge on any atom is -0.324 e. The van der Waals surface area contributed by atoms with Gasteiger partial charge in [0.05, 0.1) is 0 Å². The fourth-order valence-corrected chi connectivity index (χ4v) is 2.04. The Balaban J connectivity index is 2.46. The minimum atomic E-state index is 0.215. The molecule has 2 N–H and O–H groups in total. The zero-order valence-corrected chi connectivity index (χ0v) is 10.5. The van der Waals surface area contributed by atoms with E-state index in [0.29, 0.717) is 0 Å². The van der Waals surface area contributed by atoms with Crippen LogP contribution in [0.3, 0.4) is 0 Å². The summed E-state index contributed by atoms with van der Waals surface area (Å²) in [6.45, 7) is 2.22. The van der Waals surface area contributed by atoms with Gasteiger partial charge in [-0.1, -0.05) is 38.3 Å². The Labute approximate surface area is 97.4 Å². The smallest absolute Gasteiger partial charge is 0.0294 e. The molecular weight excluding hydrogens is 202 g/mol. The maximum Gasteiger partial charge on any atom is 0.0294 e. The Bertz CT molecular complexity index is 268. The number of unbranched alkanes of at least 4 members (excludes halogenated alkanes) is 2. The summed E-state index contributed by atoms with van der Waals surface area (Å²) in [5, 5.41) is 0. The highest BCUT2D eigenvalue weighted by Crippen LogP contribution is 2.21. The van der Waals surface area contributed by atoms with Gasteiger partial charge in [-0.05, 0) is 30.4 Å². The standard InChI is InChI=1S/C13H21NS/c1-3-4-5-6-13(14)11-7-9-12(15-2)10-8-11/h7-10,13H,3-6,14H2,1-2H3. The number of rotatable bonds is 6.